The van der Waals surface area contributed by atoms with Gasteiger partial charge in [0.2, 0.25) is 5.91 Å². The fourth-order valence-electron chi connectivity index (χ4n) is 2.25. The summed E-state index contributed by atoms with van der Waals surface area (Å²) in [6, 6.07) is 13.4. The first-order chi connectivity index (χ1) is 11.9. The number of hydrogen-bond acceptors (Lipinski definition) is 3. The average Bonchev–Trinajstić information content (AvgIpc) is 2.54. The van der Waals surface area contributed by atoms with Crippen molar-refractivity contribution in [3.8, 4) is 5.75 Å². The molecule has 0 fully saturated rings. The molecule has 0 saturated heterocycles. The highest BCUT2D eigenvalue weighted by Gasteiger charge is 2.05. The van der Waals surface area contributed by atoms with E-state index >= 15 is 0 Å². The lowest BCUT2D eigenvalue weighted by molar-refractivity contribution is -0.120. The van der Waals surface area contributed by atoms with Gasteiger partial charge in [-0.15, -0.1) is 0 Å². The lowest BCUT2D eigenvalue weighted by Crippen LogP contribution is -2.31. The largest absolute Gasteiger partial charge is 0.491 e. The molecule has 1 amide bonds. The molecule has 2 N–H and O–H groups in total. The number of benzene rings is 2. The van der Waals surface area contributed by atoms with Gasteiger partial charge in [0.05, 0.1) is 10.9 Å². The van der Waals surface area contributed by atoms with E-state index < -0.39 is 0 Å². The van der Waals surface area contributed by atoms with E-state index in [1.54, 1.807) is 12.1 Å². The first-order valence-corrected chi connectivity index (χ1v) is 9.31. The van der Waals surface area contributed by atoms with E-state index in [-0.39, 0.29) is 11.9 Å². The maximum atomic E-state index is 11.7. The highest BCUT2D eigenvalue weighted by molar-refractivity contribution is 9.10. The van der Waals surface area contributed by atoms with Crippen LogP contribution in [0.4, 0.5) is 5.69 Å². The zero-order chi connectivity index (χ0) is 18.2. The highest BCUT2D eigenvalue weighted by atomic mass is 79.9. The Morgan fingerprint density at radius 2 is 1.92 bits per heavy atom. The number of nitrogens with one attached hydrogen (secondary N) is 2. The molecule has 0 aliphatic heterocycles. The molecule has 25 heavy (non-hydrogen) atoms. The highest BCUT2D eigenvalue weighted by Crippen LogP contribution is 2.27. The molecule has 0 aliphatic rings. The minimum absolute atomic E-state index is 0.0395. The summed E-state index contributed by atoms with van der Waals surface area (Å²) in [5, 5.41) is 6.85. The molecular weight excluding hydrogens is 404 g/mol. The Bertz CT molecular complexity index is 705. The summed E-state index contributed by atoms with van der Waals surface area (Å²) in [4.78, 5) is 11.7. The Kier molecular flexibility index (Phi) is 7.59. The maximum Gasteiger partial charge on any atom is 0.224 e. The number of anilines is 1. The van der Waals surface area contributed by atoms with E-state index in [1.807, 2.05) is 44.2 Å². The van der Waals surface area contributed by atoms with E-state index in [0.29, 0.717) is 24.6 Å². The first kappa shape index (κ1) is 19.6. The van der Waals surface area contributed by atoms with Crippen LogP contribution in [-0.2, 0) is 11.2 Å². The summed E-state index contributed by atoms with van der Waals surface area (Å²) in [7, 11) is 0. The van der Waals surface area contributed by atoms with Gasteiger partial charge in [0, 0.05) is 23.3 Å². The number of carbonyl (C=O) groups is 1. The van der Waals surface area contributed by atoms with E-state index in [0.717, 1.165) is 21.5 Å². The molecule has 2 aromatic carbocycles. The minimum atomic E-state index is 0.0395. The number of halogens is 2. The van der Waals surface area contributed by atoms with Gasteiger partial charge in [0.1, 0.15) is 12.4 Å². The summed E-state index contributed by atoms with van der Waals surface area (Å²) in [6.07, 6.45) is 0.395. The SMILES string of the molecule is CC(C)NC(=O)Cc1ccc(NCCOc2ccc(Cl)cc2Br)cc1. The van der Waals surface area contributed by atoms with Crippen molar-refractivity contribution in [3.63, 3.8) is 0 Å². The molecule has 0 radical (unpaired) electrons. The van der Waals surface area contributed by atoms with E-state index in [9.17, 15) is 4.79 Å². The number of rotatable bonds is 8. The maximum absolute atomic E-state index is 11.7. The third-order valence-electron chi connectivity index (χ3n) is 3.35. The van der Waals surface area contributed by atoms with Crippen molar-refractivity contribution >= 4 is 39.1 Å². The first-order valence-electron chi connectivity index (χ1n) is 8.14. The molecule has 4 nitrogen and oxygen atoms in total. The summed E-state index contributed by atoms with van der Waals surface area (Å²) < 4.78 is 6.54. The molecule has 134 valence electrons. The van der Waals surface area contributed by atoms with Crippen LogP contribution in [0.25, 0.3) is 0 Å². The molecule has 2 rings (SSSR count). The monoisotopic (exact) mass is 424 g/mol. The molecule has 0 aromatic heterocycles. The Hall–Kier alpha value is -1.72. The molecular formula is C19H22BrClN2O2. The lowest BCUT2D eigenvalue weighted by atomic mass is 10.1. The zero-order valence-corrected chi connectivity index (χ0v) is 16.7. The third kappa shape index (κ3) is 6.96. The van der Waals surface area contributed by atoms with E-state index in [1.165, 1.54) is 0 Å². The lowest BCUT2D eigenvalue weighted by Gasteiger charge is -2.11. The molecule has 0 spiro atoms. The number of amides is 1. The van der Waals surface area contributed by atoms with Gasteiger partial charge in [-0.05, 0) is 65.7 Å². The van der Waals surface area contributed by atoms with Crippen molar-refractivity contribution in [2.75, 3.05) is 18.5 Å². The van der Waals surface area contributed by atoms with Gasteiger partial charge >= 0.3 is 0 Å². The topological polar surface area (TPSA) is 50.4 Å². The van der Waals surface area contributed by atoms with Crippen LogP contribution in [0.2, 0.25) is 5.02 Å². The smallest absolute Gasteiger partial charge is 0.224 e. The van der Waals surface area contributed by atoms with Crippen LogP contribution >= 0.6 is 27.5 Å². The van der Waals surface area contributed by atoms with Gasteiger partial charge in [-0.3, -0.25) is 4.79 Å². The standard InChI is InChI=1S/C19H22BrClN2O2/c1-13(2)23-19(24)11-14-3-6-16(7-4-14)22-9-10-25-18-8-5-15(21)12-17(18)20/h3-8,12-13,22H,9-11H2,1-2H3,(H,23,24). The van der Waals surface area contributed by atoms with Gasteiger partial charge in [-0.2, -0.15) is 0 Å². The van der Waals surface area contributed by atoms with Crippen LogP contribution in [0, 0.1) is 0 Å². The second-order valence-corrected chi connectivity index (χ2v) is 7.24. The van der Waals surface area contributed by atoms with Crippen LogP contribution in [0.3, 0.4) is 0 Å². The molecule has 6 heteroatoms. The van der Waals surface area contributed by atoms with Gasteiger partial charge < -0.3 is 15.4 Å². The minimum Gasteiger partial charge on any atom is -0.491 e. The van der Waals surface area contributed by atoms with Crippen LogP contribution in [0.15, 0.2) is 46.9 Å². The number of hydrogen-bond donors (Lipinski definition) is 2. The number of ether oxygens (including phenoxy) is 1. The molecule has 0 heterocycles. The summed E-state index contributed by atoms with van der Waals surface area (Å²) >= 11 is 9.33. The average molecular weight is 426 g/mol. The van der Waals surface area contributed by atoms with E-state index in [4.69, 9.17) is 16.3 Å². The predicted octanol–water partition coefficient (Wildman–Crippen LogP) is 4.66. The Labute approximate surface area is 162 Å². The molecule has 0 unspecified atom stereocenters. The van der Waals surface area contributed by atoms with Crippen molar-refractivity contribution < 1.29 is 9.53 Å². The molecule has 0 saturated carbocycles. The van der Waals surface area contributed by atoms with Crippen molar-refractivity contribution in [2.24, 2.45) is 0 Å². The Morgan fingerprint density at radius 1 is 1.20 bits per heavy atom. The van der Waals surface area contributed by atoms with Crippen molar-refractivity contribution in [2.45, 2.75) is 26.3 Å². The van der Waals surface area contributed by atoms with Crippen molar-refractivity contribution in [1.29, 1.82) is 0 Å². The van der Waals surface area contributed by atoms with Crippen LogP contribution < -0.4 is 15.4 Å². The second-order valence-electron chi connectivity index (χ2n) is 5.95. The van der Waals surface area contributed by atoms with Crippen molar-refractivity contribution in [1.82, 2.24) is 5.32 Å². The molecule has 0 aliphatic carbocycles. The molecule has 0 bridgehead atoms. The van der Waals surface area contributed by atoms with Gasteiger partial charge in [0.15, 0.2) is 0 Å². The zero-order valence-electron chi connectivity index (χ0n) is 14.3. The molecule has 0 atom stereocenters. The summed E-state index contributed by atoms with van der Waals surface area (Å²) in [5.74, 6) is 0.801. The fraction of sp³-hybridized carbons (Fsp3) is 0.316. The van der Waals surface area contributed by atoms with Gasteiger partial charge in [0.25, 0.3) is 0 Å². The van der Waals surface area contributed by atoms with Crippen LogP contribution in [-0.4, -0.2) is 25.1 Å². The van der Waals surface area contributed by atoms with Gasteiger partial charge in [-0.25, -0.2) is 0 Å². The van der Waals surface area contributed by atoms with Crippen LogP contribution in [0.1, 0.15) is 19.4 Å². The van der Waals surface area contributed by atoms with Crippen LogP contribution in [0.5, 0.6) is 5.75 Å². The Balaban J connectivity index is 1.75. The summed E-state index contributed by atoms with van der Waals surface area (Å²) in [6.45, 7) is 5.10. The second kappa shape index (κ2) is 9.68. The van der Waals surface area contributed by atoms with E-state index in [2.05, 4.69) is 26.6 Å². The third-order valence-corrected chi connectivity index (χ3v) is 4.21. The van der Waals surface area contributed by atoms with Crippen molar-refractivity contribution in [3.05, 3.63) is 57.5 Å². The molecule has 2 aromatic rings. The van der Waals surface area contributed by atoms with Gasteiger partial charge in [-0.1, -0.05) is 23.7 Å². The Morgan fingerprint density at radius 3 is 2.56 bits per heavy atom. The predicted molar refractivity (Wildman–Crippen MR) is 107 cm³/mol. The quantitative estimate of drug-likeness (QED) is 0.605. The fourth-order valence-corrected chi connectivity index (χ4v) is 3.04. The summed E-state index contributed by atoms with van der Waals surface area (Å²) in [5.41, 5.74) is 1.98. The number of carbonyl (C=O) groups excluding carboxylic acids is 1. The normalized spacial score (nSPS) is 10.6.